The quantitative estimate of drug-likeness (QED) is 0.776. The Kier molecular flexibility index (Phi) is 3.70. The van der Waals surface area contributed by atoms with E-state index < -0.39 is 5.97 Å². The highest BCUT2D eigenvalue weighted by Gasteiger charge is 2.29. The zero-order valence-electron chi connectivity index (χ0n) is 12.0. The van der Waals surface area contributed by atoms with Crippen molar-refractivity contribution in [1.29, 1.82) is 0 Å². The first-order valence-corrected chi connectivity index (χ1v) is 6.69. The van der Waals surface area contributed by atoms with Crippen molar-refractivity contribution in [2.24, 2.45) is 11.3 Å². The molecule has 0 saturated carbocycles. The molecule has 0 aliphatic carbocycles. The smallest absolute Gasteiger partial charge is 0.337 e. The van der Waals surface area contributed by atoms with Crippen molar-refractivity contribution in [3.63, 3.8) is 0 Å². The summed E-state index contributed by atoms with van der Waals surface area (Å²) in [6, 6.07) is 4.88. The van der Waals surface area contributed by atoms with E-state index >= 15 is 0 Å². The zero-order chi connectivity index (χ0) is 14.9. The molecule has 108 valence electrons. The zero-order valence-corrected chi connectivity index (χ0v) is 12.0. The minimum atomic E-state index is -1.00. The van der Waals surface area contributed by atoms with Crippen LogP contribution in [0, 0.1) is 11.3 Å². The molecule has 5 heteroatoms. The molecule has 0 spiro atoms. The van der Waals surface area contributed by atoms with E-state index in [1.807, 2.05) is 0 Å². The Hall–Kier alpha value is -2.04. The van der Waals surface area contributed by atoms with Crippen LogP contribution in [0.5, 0.6) is 0 Å². The van der Waals surface area contributed by atoms with Crippen LogP contribution in [0.25, 0.3) is 0 Å². The summed E-state index contributed by atoms with van der Waals surface area (Å²) in [5.74, 6) is -1.24. The van der Waals surface area contributed by atoms with Crippen LogP contribution >= 0.6 is 0 Å². The fraction of sp³-hybridized carbons (Fsp3) is 0.467. The van der Waals surface area contributed by atoms with Crippen LogP contribution in [0.4, 0.5) is 11.4 Å². The number of aromatic carboxylic acids is 1. The Labute approximate surface area is 118 Å². The van der Waals surface area contributed by atoms with Gasteiger partial charge < -0.3 is 15.7 Å². The van der Waals surface area contributed by atoms with Crippen LogP contribution in [-0.2, 0) is 4.79 Å². The fourth-order valence-electron chi connectivity index (χ4n) is 2.48. The van der Waals surface area contributed by atoms with Crippen LogP contribution in [0.2, 0.25) is 0 Å². The molecule has 2 rings (SSSR count). The van der Waals surface area contributed by atoms with Gasteiger partial charge in [-0.05, 0) is 24.0 Å². The number of benzene rings is 1. The minimum absolute atomic E-state index is 0.0375. The molecular formula is C15H20N2O3. The van der Waals surface area contributed by atoms with Gasteiger partial charge in [-0.15, -0.1) is 0 Å². The molecule has 1 aliphatic heterocycles. The summed E-state index contributed by atoms with van der Waals surface area (Å²) >= 11 is 0. The number of carbonyl (C=O) groups excluding carboxylic acids is 1. The van der Waals surface area contributed by atoms with Gasteiger partial charge in [0.05, 0.1) is 22.9 Å². The number of carbonyl (C=O) groups is 2. The topological polar surface area (TPSA) is 78.4 Å². The molecular weight excluding hydrogens is 256 g/mol. The number of para-hydroxylation sites is 1. The van der Waals surface area contributed by atoms with E-state index in [0.29, 0.717) is 17.9 Å². The predicted molar refractivity (Wildman–Crippen MR) is 78.1 cm³/mol. The summed E-state index contributed by atoms with van der Waals surface area (Å²) < 4.78 is 0. The van der Waals surface area contributed by atoms with E-state index in [1.54, 1.807) is 12.1 Å². The molecule has 1 aromatic rings. The first kappa shape index (κ1) is 14.4. The third-order valence-corrected chi connectivity index (χ3v) is 3.31. The standard InChI is InChI=1S/C15H20N2O3/c1-15(2,3)7-9-8-16-12-10(14(19)20)5-4-6-11(12)17-13(9)18/h4-6,9,16H,7-8H2,1-3H3,(H,17,18)(H,19,20). The predicted octanol–water partition coefficient (Wildman–Crippen LogP) is 2.80. The van der Waals surface area contributed by atoms with Gasteiger partial charge in [0, 0.05) is 6.54 Å². The molecule has 1 aliphatic rings. The van der Waals surface area contributed by atoms with Crippen molar-refractivity contribution in [2.45, 2.75) is 27.2 Å². The van der Waals surface area contributed by atoms with Crippen molar-refractivity contribution in [1.82, 2.24) is 0 Å². The third-order valence-electron chi connectivity index (χ3n) is 3.31. The molecule has 0 fully saturated rings. The normalized spacial score (nSPS) is 18.6. The molecule has 1 aromatic carbocycles. The number of fused-ring (bicyclic) bond motifs is 1. The number of hydrogen-bond donors (Lipinski definition) is 3. The summed E-state index contributed by atoms with van der Waals surface area (Å²) in [6.07, 6.45) is 0.738. The molecule has 0 saturated heterocycles. The first-order chi connectivity index (χ1) is 9.28. The lowest BCUT2D eigenvalue weighted by atomic mass is 9.84. The lowest BCUT2D eigenvalue weighted by Crippen LogP contribution is -2.29. The number of rotatable bonds is 2. The van der Waals surface area contributed by atoms with Crippen LogP contribution in [-0.4, -0.2) is 23.5 Å². The lowest BCUT2D eigenvalue weighted by molar-refractivity contribution is -0.120. The lowest BCUT2D eigenvalue weighted by Gasteiger charge is -2.23. The Morgan fingerprint density at radius 3 is 2.70 bits per heavy atom. The van der Waals surface area contributed by atoms with E-state index in [-0.39, 0.29) is 22.8 Å². The maximum Gasteiger partial charge on any atom is 0.337 e. The molecule has 5 nitrogen and oxygen atoms in total. The molecule has 0 aromatic heterocycles. The van der Waals surface area contributed by atoms with Crippen LogP contribution in [0.1, 0.15) is 37.6 Å². The van der Waals surface area contributed by atoms with Crippen molar-refractivity contribution in [3.05, 3.63) is 23.8 Å². The number of nitrogens with one attached hydrogen (secondary N) is 2. The van der Waals surface area contributed by atoms with E-state index in [2.05, 4.69) is 31.4 Å². The summed E-state index contributed by atoms with van der Waals surface area (Å²) in [5, 5.41) is 15.1. The maximum atomic E-state index is 12.2. The van der Waals surface area contributed by atoms with Gasteiger partial charge in [-0.1, -0.05) is 26.8 Å². The largest absolute Gasteiger partial charge is 0.478 e. The fourth-order valence-corrected chi connectivity index (χ4v) is 2.48. The van der Waals surface area contributed by atoms with Gasteiger partial charge in [0.1, 0.15) is 0 Å². The van der Waals surface area contributed by atoms with Gasteiger partial charge in [-0.25, -0.2) is 4.79 Å². The molecule has 0 bridgehead atoms. The SMILES string of the molecule is CC(C)(C)CC1CNc2c(cccc2C(=O)O)NC1=O. The highest BCUT2D eigenvalue weighted by Crippen LogP contribution is 2.32. The van der Waals surface area contributed by atoms with Gasteiger partial charge in [-0.3, -0.25) is 4.79 Å². The van der Waals surface area contributed by atoms with E-state index in [4.69, 9.17) is 0 Å². The van der Waals surface area contributed by atoms with Gasteiger partial charge in [0.15, 0.2) is 0 Å². The second-order valence-corrected chi connectivity index (χ2v) is 6.37. The van der Waals surface area contributed by atoms with Crippen molar-refractivity contribution in [3.8, 4) is 0 Å². The van der Waals surface area contributed by atoms with Gasteiger partial charge in [-0.2, -0.15) is 0 Å². The number of anilines is 2. The second kappa shape index (κ2) is 5.15. The Morgan fingerprint density at radius 2 is 2.10 bits per heavy atom. The summed E-state index contributed by atoms with van der Waals surface area (Å²) in [6.45, 7) is 6.70. The Bertz CT molecular complexity index is 547. The molecule has 1 amide bonds. The van der Waals surface area contributed by atoms with Crippen LogP contribution in [0.3, 0.4) is 0 Å². The molecule has 0 radical (unpaired) electrons. The summed E-state index contributed by atoms with van der Waals surface area (Å²) in [7, 11) is 0. The average Bonchev–Trinajstić information content (AvgIpc) is 2.47. The van der Waals surface area contributed by atoms with Crippen molar-refractivity contribution in [2.75, 3.05) is 17.2 Å². The number of amides is 1. The molecule has 3 N–H and O–H groups in total. The first-order valence-electron chi connectivity index (χ1n) is 6.69. The number of carboxylic acids is 1. The third kappa shape index (κ3) is 3.10. The van der Waals surface area contributed by atoms with Gasteiger partial charge >= 0.3 is 5.97 Å². The average molecular weight is 276 g/mol. The van der Waals surface area contributed by atoms with Gasteiger partial charge in [0.2, 0.25) is 5.91 Å². The number of carboxylic acid groups (broad SMARTS) is 1. The van der Waals surface area contributed by atoms with E-state index in [0.717, 1.165) is 6.42 Å². The van der Waals surface area contributed by atoms with E-state index in [9.17, 15) is 14.7 Å². The molecule has 1 heterocycles. The Balaban J connectivity index is 2.29. The molecule has 1 atom stereocenters. The highest BCUT2D eigenvalue weighted by molar-refractivity contribution is 6.04. The molecule has 1 unspecified atom stereocenters. The van der Waals surface area contributed by atoms with Crippen LogP contribution < -0.4 is 10.6 Å². The molecule has 20 heavy (non-hydrogen) atoms. The minimum Gasteiger partial charge on any atom is -0.478 e. The monoisotopic (exact) mass is 276 g/mol. The highest BCUT2D eigenvalue weighted by atomic mass is 16.4. The summed E-state index contributed by atoms with van der Waals surface area (Å²) in [5.41, 5.74) is 1.24. The van der Waals surface area contributed by atoms with Crippen molar-refractivity contribution < 1.29 is 14.7 Å². The second-order valence-electron chi connectivity index (χ2n) is 6.37. The van der Waals surface area contributed by atoms with E-state index in [1.165, 1.54) is 6.07 Å². The number of hydrogen-bond acceptors (Lipinski definition) is 3. The van der Waals surface area contributed by atoms with Crippen LogP contribution in [0.15, 0.2) is 18.2 Å². The Morgan fingerprint density at radius 1 is 1.40 bits per heavy atom. The van der Waals surface area contributed by atoms with Crippen molar-refractivity contribution >= 4 is 23.3 Å². The van der Waals surface area contributed by atoms with Gasteiger partial charge in [0.25, 0.3) is 0 Å². The summed E-state index contributed by atoms with van der Waals surface area (Å²) in [4.78, 5) is 23.5. The maximum absolute atomic E-state index is 12.2.